The number of nitrogens with two attached hydrogens (primary N) is 1. The Morgan fingerprint density at radius 2 is 1.61 bits per heavy atom. The molecule has 0 aliphatic heterocycles. The molecule has 0 spiro atoms. The number of aryl methyl sites for hydroxylation is 2. The largest absolute Gasteiger partial charge is 0.379 e. The fraction of sp³-hybridized carbons (Fsp3) is 0.600. The van der Waals surface area contributed by atoms with Crippen molar-refractivity contribution in [2.75, 3.05) is 7.11 Å². The van der Waals surface area contributed by atoms with Crippen LogP contribution in [0.2, 0.25) is 0 Å². The molecule has 3 N–H and O–H groups in total. The maximum absolute atomic E-state index is 5.75. The van der Waals surface area contributed by atoms with Crippen molar-refractivity contribution in [1.82, 2.24) is 5.43 Å². The monoisotopic (exact) mass is 250 g/mol. The number of nitrogens with one attached hydrogen (secondary N) is 1. The van der Waals surface area contributed by atoms with Gasteiger partial charge in [0.15, 0.2) is 0 Å². The predicted octanol–water partition coefficient (Wildman–Crippen LogP) is 2.87. The molecule has 0 radical (unpaired) electrons. The Bertz CT molecular complexity index is 376. The van der Waals surface area contributed by atoms with Gasteiger partial charge in [-0.2, -0.15) is 0 Å². The van der Waals surface area contributed by atoms with Gasteiger partial charge in [0, 0.05) is 7.11 Å². The summed E-state index contributed by atoms with van der Waals surface area (Å²) >= 11 is 0. The van der Waals surface area contributed by atoms with Gasteiger partial charge in [0.1, 0.15) is 0 Å². The standard InChI is InChI=1S/C15H26N2O/c1-10-7-11(2)9-12(8-10)13(17-16)14(18-6)15(3,4)5/h7-9,13-14,17H,16H2,1-6H3. The number of benzene rings is 1. The summed E-state index contributed by atoms with van der Waals surface area (Å²) in [6.45, 7) is 10.7. The summed E-state index contributed by atoms with van der Waals surface area (Å²) < 4.78 is 5.66. The minimum Gasteiger partial charge on any atom is -0.379 e. The van der Waals surface area contributed by atoms with Crippen molar-refractivity contribution in [3.05, 3.63) is 34.9 Å². The number of methoxy groups -OCH3 is 1. The molecule has 0 saturated carbocycles. The lowest BCUT2D eigenvalue weighted by Crippen LogP contribution is -2.44. The second kappa shape index (κ2) is 5.83. The Kier molecular flexibility index (Phi) is 4.91. The van der Waals surface area contributed by atoms with Gasteiger partial charge in [-0.25, -0.2) is 0 Å². The first-order valence-corrected chi connectivity index (χ1v) is 6.36. The van der Waals surface area contributed by atoms with Crippen molar-refractivity contribution in [3.8, 4) is 0 Å². The summed E-state index contributed by atoms with van der Waals surface area (Å²) in [6.07, 6.45) is 0.0173. The number of ether oxygens (including phenoxy) is 1. The molecule has 0 bridgehead atoms. The second-order valence-corrected chi connectivity index (χ2v) is 6.09. The maximum atomic E-state index is 5.75. The van der Waals surface area contributed by atoms with E-state index in [2.05, 4.69) is 58.2 Å². The van der Waals surface area contributed by atoms with Crippen LogP contribution in [-0.4, -0.2) is 13.2 Å². The van der Waals surface area contributed by atoms with Crippen LogP contribution in [-0.2, 0) is 4.74 Å². The van der Waals surface area contributed by atoms with Crippen LogP contribution in [0.15, 0.2) is 18.2 Å². The minimum atomic E-state index is -0.00593. The molecule has 0 heterocycles. The Labute approximate surface area is 111 Å². The van der Waals surface area contributed by atoms with Gasteiger partial charge < -0.3 is 4.74 Å². The number of hydrogen-bond donors (Lipinski definition) is 2. The van der Waals surface area contributed by atoms with E-state index in [1.165, 1.54) is 16.7 Å². The molecule has 0 aromatic heterocycles. The van der Waals surface area contributed by atoms with Crippen LogP contribution < -0.4 is 11.3 Å². The van der Waals surface area contributed by atoms with Crippen molar-refractivity contribution < 1.29 is 4.74 Å². The van der Waals surface area contributed by atoms with E-state index >= 15 is 0 Å². The lowest BCUT2D eigenvalue weighted by atomic mass is 9.81. The highest BCUT2D eigenvalue weighted by Crippen LogP contribution is 2.32. The van der Waals surface area contributed by atoms with Crippen molar-refractivity contribution in [2.45, 2.75) is 46.8 Å². The molecule has 1 aromatic carbocycles. The molecule has 18 heavy (non-hydrogen) atoms. The van der Waals surface area contributed by atoms with Crippen LogP contribution in [0.3, 0.4) is 0 Å². The highest BCUT2D eigenvalue weighted by Gasteiger charge is 2.32. The highest BCUT2D eigenvalue weighted by atomic mass is 16.5. The van der Waals surface area contributed by atoms with E-state index in [1.807, 2.05) is 0 Å². The third kappa shape index (κ3) is 3.55. The Hall–Kier alpha value is -0.900. The van der Waals surface area contributed by atoms with Gasteiger partial charge in [-0.1, -0.05) is 50.1 Å². The number of rotatable bonds is 4. The normalized spacial score (nSPS) is 15.5. The second-order valence-electron chi connectivity index (χ2n) is 6.09. The number of hydrazine groups is 1. The maximum Gasteiger partial charge on any atom is 0.0827 e. The van der Waals surface area contributed by atoms with E-state index in [1.54, 1.807) is 7.11 Å². The van der Waals surface area contributed by atoms with E-state index in [4.69, 9.17) is 10.6 Å². The van der Waals surface area contributed by atoms with Crippen molar-refractivity contribution in [3.63, 3.8) is 0 Å². The van der Waals surface area contributed by atoms with E-state index in [-0.39, 0.29) is 17.6 Å². The van der Waals surface area contributed by atoms with Crippen LogP contribution in [0.25, 0.3) is 0 Å². The number of hydrogen-bond acceptors (Lipinski definition) is 3. The topological polar surface area (TPSA) is 47.3 Å². The first-order valence-electron chi connectivity index (χ1n) is 6.36. The van der Waals surface area contributed by atoms with Crippen molar-refractivity contribution in [1.29, 1.82) is 0 Å². The summed E-state index contributed by atoms with van der Waals surface area (Å²) in [6, 6.07) is 6.48. The first-order chi connectivity index (χ1) is 8.29. The summed E-state index contributed by atoms with van der Waals surface area (Å²) in [5.74, 6) is 5.75. The molecule has 3 nitrogen and oxygen atoms in total. The van der Waals surface area contributed by atoms with E-state index < -0.39 is 0 Å². The van der Waals surface area contributed by atoms with Crippen LogP contribution in [0, 0.1) is 19.3 Å². The molecule has 102 valence electrons. The third-order valence-electron chi connectivity index (χ3n) is 3.19. The van der Waals surface area contributed by atoms with E-state index in [0.717, 1.165) is 0 Å². The lowest BCUT2D eigenvalue weighted by molar-refractivity contribution is -0.0120. The first kappa shape index (κ1) is 15.2. The SMILES string of the molecule is COC(C(NN)c1cc(C)cc(C)c1)C(C)(C)C. The van der Waals surface area contributed by atoms with Gasteiger partial charge in [0.2, 0.25) is 0 Å². The van der Waals surface area contributed by atoms with Gasteiger partial charge in [0.05, 0.1) is 12.1 Å². The van der Waals surface area contributed by atoms with Crippen LogP contribution >= 0.6 is 0 Å². The molecule has 0 saturated heterocycles. The zero-order valence-corrected chi connectivity index (χ0v) is 12.4. The fourth-order valence-corrected chi connectivity index (χ4v) is 2.54. The third-order valence-corrected chi connectivity index (χ3v) is 3.19. The summed E-state index contributed by atoms with van der Waals surface area (Å²) in [5, 5.41) is 0. The van der Waals surface area contributed by atoms with Crippen LogP contribution in [0.5, 0.6) is 0 Å². The molecular formula is C15H26N2O. The van der Waals surface area contributed by atoms with Gasteiger partial charge in [-0.05, 0) is 24.8 Å². The van der Waals surface area contributed by atoms with E-state index in [9.17, 15) is 0 Å². The Morgan fingerprint density at radius 3 is 1.94 bits per heavy atom. The molecule has 0 aliphatic rings. The van der Waals surface area contributed by atoms with Crippen LogP contribution in [0.1, 0.15) is 43.5 Å². The van der Waals surface area contributed by atoms with Crippen LogP contribution in [0.4, 0.5) is 0 Å². The van der Waals surface area contributed by atoms with Gasteiger partial charge in [-0.15, -0.1) is 0 Å². The molecule has 2 unspecified atom stereocenters. The molecule has 1 aromatic rings. The van der Waals surface area contributed by atoms with Gasteiger partial charge >= 0.3 is 0 Å². The molecule has 3 heteroatoms. The Balaban J connectivity index is 3.15. The molecule has 2 atom stereocenters. The minimum absolute atomic E-state index is 0.00593. The highest BCUT2D eigenvalue weighted by molar-refractivity contribution is 5.31. The van der Waals surface area contributed by atoms with Crippen molar-refractivity contribution in [2.24, 2.45) is 11.3 Å². The fourth-order valence-electron chi connectivity index (χ4n) is 2.54. The van der Waals surface area contributed by atoms with Crippen molar-refractivity contribution >= 4 is 0 Å². The smallest absolute Gasteiger partial charge is 0.0827 e. The predicted molar refractivity (Wildman–Crippen MR) is 76.2 cm³/mol. The summed E-state index contributed by atoms with van der Waals surface area (Å²) in [5.41, 5.74) is 6.59. The van der Waals surface area contributed by atoms with E-state index in [0.29, 0.717) is 0 Å². The molecule has 0 aliphatic carbocycles. The zero-order valence-electron chi connectivity index (χ0n) is 12.4. The van der Waals surface area contributed by atoms with Gasteiger partial charge in [-0.3, -0.25) is 11.3 Å². The van der Waals surface area contributed by atoms with Gasteiger partial charge in [0.25, 0.3) is 0 Å². The average molecular weight is 250 g/mol. The summed E-state index contributed by atoms with van der Waals surface area (Å²) in [7, 11) is 1.74. The molecule has 0 amide bonds. The lowest BCUT2D eigenvalue weighted by Gasteiger charge is -2.36. The summed E-state index contributed by atoms with van der Waals surface area (Å²) in [4.78, 5) is 0. The molecular weight excluding hydrogens is 224 g/mol. The zero-order chi connectivity index (χ0) is 13.9. The molecule has 0 fully saturated rings. The molecule has 1 rings (SSSR count). The average Bonchev–Trinajstić information content (AvgIpc) is 2.22. The Morgan fingerprint density at radius 1 is 1.11 bits per heavy atom. The quantitative estimate of drug-likeness (QED) is 0.638.